The molecule has 0 aliphatic heterocycles. The lowest BCUT2D eigenvalue weighted by molar-refractivity contribution is -0.119. The number of methoxy groups -OCH3 is 1. The fourth-order valence-electron chi connectivity index (χ4n) is 2.79. The molecule has 3 aromatic rings. The van der Waals surface area contributed by atoms with Gasteiger partial charge in [-0.05, 0) is 24.6 Å². The van der Waals surface area contributed by atoms with Gasteiger partial charge in [0.2, 0.25) is 5.91 Å². The van der Waals surface area contributed by atoms with Crippen molar-refractivity contribution in [1.29, 1.82) is 0 Å². The predicted octanol–water partition coefficient (Wildman–Crippen LogP) is 4.27. The minimum absolute atomic E-state index is 0.0577. The van der Waals surface area contributed by atoms with E-state index in [9.17, 15) is 9.59 Å². The zero-order valence-electron chi connectivity index (χ0n) is 15.9. The maximum absolute atomic E-state index is 12.5. The minimum atomic E-state index is -0.266. The maximum atomic E-state index is 12.5. The predicted molar refractivity (Wildman–Crippen MR) is 111 cm³/mol. The normalized spacial score (nSPS) is 11.5. The Balaban J connectivity index is 1.72. The van der Waals surface area contributed by atoms with Crippen molar-refractivity contribution in [2.24, 2.45) is 0 Å². The van der Waals surface area contributed by atoms with Crippen molar-refractivity contribution in [3.05, 3.63) is 65.0 Å². The Morgan fingerprint density at radius 2 is 1.82 bits per heavy atom. The average Bonchev–Trinajstić information content (AvgIpc) is 3.16. The number of carbonyl (C=O) groups is 2. The molecular formula is C21H21N3O3S. The molecule has 6 nitrogen and oxygen atoms in total. The number of nitrogens with zero attached hydrogens (tertiary/aromatic N) is 1. The van der Waals surface area contributed by atoms with E-state index < -0.39 is 0 Å². The zero-order valence-corrected chi connectivity index (χ0v) is 16.7. The third-order valence-corrected chi connectivity index (χ3v) is 4.96. The van der Waals surface area contributed by atoms with Crippen LogP contribution in [0.4, 0.5) is 5.13 Å². The van der Waals surface area contributed by atoms with Crippen molar-refractivity contribution in [2.45, 2.75) is 19.9 Å². The number of benzene rings is 2. The van der Waals surface area contributed by atoms with Crippen LogP contribution in [0.15, 0.2) is 53.9 Å². The Morgan fingerprint density at radius 3 is 2.50 bits per heavy atom. The number of hydrogen-bond acceptors (Lipinski definition) is 5. The second-order valence-electron chi connectivity index (χ2n) is 6.24. The Labute approximate surface area is 167 Å². The Hall–Kier alpha value is -3.19. The summed E-state index contributed by atoms with van der Waals surface area (Å²) in [6.45, 7) is 3.44. The van der Waals surface area contributed by atoms with E-state index in [0.717, 1.165) is 16.8 Å². The van der Waals surface area contributed by atoms with Gasteiger partial charge in [0.1, 0.15) is 5.75 Å². The highest BCUT2D eigenvalue weighted by molar-refractivity contribution is 7.14. The van der Waals surface area contributed by atoms with Crippen LogP contribution < -0.4 is 15.4 Å². The smallest absolute Gasteiger partial charge is 0.261 e. The minimum Gasteiger partial charge on any atom is -0.496 e. The topological polar surface area (TPSA) is 80.3 Å². The molecule has 144 valence electrons. The van der Waals surface area contributed by atoms with Crippen LogP contribution in [0.1, 0.15) is 35.8 Å². The van der Waals surface area contributed by atoms with Gasteiger partial charge in [-0.15, -0.1) is 11.3 Å². The van der Waals surface area contributed by atoms with Crippen LogP contribution in [-0.2, 0) is 4.79 Å². The third kappa shape index (κ3) is 4.55. The number of rotatable bonds is 6. The van der Waals surface area contributed by atoms with Gasteiger partial charge >= 0.3 is 0 Å². The molecule has 0 spiro atoms. The summed E-state index contributed by atoms with van der Waals surface area (Å²) >= 11 is 1.36. The molecule has 0 saturated carbocycles. The molecule has 1 atom stereocenters. The van der Waals surface area contributed by atoms with Crippen LogP contribution in [0.3, 0.4) is 0 Å². The summed E-state index contributed by atoms with van der Waals surface area (Å²) in [5.41, 5.74) is 3.18. The summed E-state index contributed by atoms with van der Waals surface area (Å²) in [5.74, 6) is 0.185. The van der Waals surface area contributed by atoms with Crippen LogP contribution in [0.5, 0.6) is 5.75 Å². The van der Waals surface area contributed by atoms with E-state index in [1.54, 1.807) is 18.2 Å². The first-order valence-corrected chi connectivity index (χ1v) is 9.63. The van der Waals surface area contributed by atoms with Gasteiger partial charge in [0.05, 0.1) is 24.4 Å². The molecule has 7 heteroatoms. The number of thiazole rings is 1. The van der Waals surface area contributed by atoms with Crippen molar-refractivity contribution in [3.8, 4) is 17.0 Å². The molecule has 2 aromatic carbocycles. The quantitative estimate of drug-likeness (QED) is 0.653. The second kappa shape index (κ2) is 8.67. The molecule has 0 radical (unpaired) electrons. The number of nitrogens with one attached hydrogen (secondary N) is 2. The van der Waals surface area contributed by atoms with Crippen molar-refractivity contribution in [3.63, 3.8) is 0 Å². The number of aromatic nitrogens is 1. The first-order chi connectivity index (χ1) is 13.5. The lowest BCUT2D eigenvalue weighted by Crippen LogP contribution is -2.23. The Bertz CT molecular complexity index is 983. The molecule has 1 aromatic heterocycles. The summed E-state index contributed by atoms with van der Waals surface area (Å²) in [4.78, 5) is 28.2. The van der Waals surface area contributed by atoms with Gasteiger partial charge in [0.25, 0.3) is 5.91 Å². The maximum Gasteiger partial charge on any atom is 0.261 e. The highest BCUT2D eigenvalue weighted by Crippen LogP contribution is 2.27. The monoisotopic (exact) mass is 395 g/mol. The summed E-state index contributed by atoms with van der Waals surface area (Å²) in [7, 11) is 1.53. The van der Waals surface area contributed by atoms with Crippen LogP contribution in [-0.4, -0.2) is 23.9 Å². The molecule has 3 rings (SSSR count). The van der Waals surface area contributed by atoms with E-state index in [0.29, 0.717) is 16.4 Å². The number of ether oxygens (including phenoxy) is 1. The van der Waals surface area contributed by atoms with E-state index in [-0.39, 0.29) is 17.9 Å². The first kappa shape index (κ1) is 19.6. The van der Waals surface area contributed by atoms with Gasteiger partial charge in [-0.3, -0.25) is 14.9 Å². The molecule has 2 amide bonds. The summed E-state index contributed by atoms with van der Waals surface area (Å²) < 4.78 is 5.23. The highest BCUT2D eigenvalue weighted by atomic mass is 32.1. The van der Waals surface area contributed by atoms with E-state index in [1.807, 2.05) is 42.6 Å². The molecule has 0 bridgehead atoms. The second-order valence-corrected chi connectivity index (χ2v) is 7.09. The average molecular weight is 395 g/mol. The number of hydrogen-bond donors (Lipinski definition) is 2. The van der Waals surface area contributed by atoms with E-state index in [1.165, 1.54) is 25.4 Å². The molecule has 0 fully saturated rings. The van der Waals surface area contributed by atoms with Crippen molar-refractivity contribution < 1.29 is 14.3 Å². The lowest BCUT2D eigenvalue weighted by Gasteiger charge is -2.13. The summed E-state index contributed by atoms with van der Waals surface area (Å²) in [6.07, 6.45) is 0. The van der Waals surface area contributed by atoms with E-state index >= 15 is 0 Å². The summed E-state index contributed by atoms with van der Waals surface area (Å²) in [6, 6.07) is 14.8. The number of para-hydroxylation sites is 1. The van der Waals surface area contributed by atoms with Crippen molar-refractivity contribution >= 4 is 28.3 Å². The van der Waals surface area contributed by atoms with Crippen molar-refractivity contribution in [1.82, 2.24) is 10.3 Å². The van der Waals surface area contributed by atoms with Crippen LogP contribution in [0, 0.1) is 0 Å². The lowest BCUT2D eigenvalue weighted by atomic mass is 10.1. The van der Waals surface area contributed by atoms with Gasteiger partial charge in [0.15, 0.2) is 5.13 Å². The molecule has 0 aliphatic rings. The molecular weight excluding hydrogens is 374 g/mol. The van der Waals surface area contributed by atoms with Gasteiger partial charge < -0.3 is 10.1 Å². The van der Waals surface area contributed by atoms with Gasteiger partial charge in [-0.1, -0.05) is 36.4 Å². The Kier molecular flexibility index (Phi) is 6.06. The van der Waals surface area contributed by atoms with E-state index in [4.69, 9.17) is 4.74 Å². The highest BCUT2D eigenvalue weighted by Gasteiger charge is 2.14. The number of anilines is 1. The van der Waals surface area contributed by atoms with Gasteiger partial charge in [-0.2, -0.15) is 0 Å². The number of amides is 2. The molecule has 0 aliphatic carbocycles. The standard InChI is InChI=1S/C21H21N3O3S/c1-13(22-14(2)25)15-8-10-16(11-9-15)18-12-28-21(23-18)24-20(26)17-6-4-5-7-19(17)27-3/h4-13H,1-3H3,(H,22,25)(H,23,24,26). The van der Waals surface area contributed by atoms with Crippen LogP contribution in [0.25, 0.3) is 11.3 Å². The molecule has 0 saturated heterocycles. The first-order valence-electron chi connectivity index (χ1n) is 8.75. The van der Waals surface area contributed by atoms with Crippen LogP contribution in [0.2, 0.25) is 0 Å². The number of carbonyl (C=O) groups excluding carboxylic acids is 2. The molecule has 2 N–H and O–H groups in total. The zero-order chi connectivity index (χ0) is 20.1. The summed E-state index contributed by atoms with van der Waals surface area (Å²) in [5, 5.41) is 8.08. The molecule has 28 heavy (non-hydrogen) atoms. The van der Waals surface area contributed by atoms with Gasteiger partial charge in [-0.25, -0.2) is 4.98 Å². The van der Waals surface area contributed by atoms with Crippen molar-refractivity contribution in [2.75, 3.05) is 12.4 Å². The fourth-order valence-corrected chi connectivity index (χ4v) is 3.51. The fraction of sp³-hybridized carbons (Fsp3) is 0.190. The third-order valence-electron chi connectivity index (χ3n) is 4.20. The van der Waals surface area contributed by atoms with Gasteiger partial charge in [0, 0.05) is 17.9 Å². The van der Waals surface area contributed by atoms with E-state index in [2.05, 4.69) is 15.6 Å². The van der Waals surface area contributed by atoms with Crippen LogP contribution >= 0.6 is 11.3 Å². The molecule has 1 unspecified atom stereocenters. The SMILES string of the molecule is COc1ccccc1C(=O)Nc1nc(-c2ccc(C(C)NC(C)=O)cc2)cs1. The molecule has 1 heterocycles. The largest absolute Gasteiger partial charge is 0.496 e. The Morgan fingerprint density at radius 1 is 1.11 bits per heavy atom.